The number of benzene rings is 3. The van der Waals surface area contributed by atoms with Crippen LogP contribution in [0.2, 0.25) is 10.0 Å². The molecule has 0 aliphatic carbocycles. The molecule has 0 spiro atoms. The van der Waals surface area contributed by atoms with Gasteiger partial charge in [0.2, 0.25) is 12.2 Å². The first kappa shape index (κ1) is 52.0. The number of nitrogens with zero attached hydrogens (tertiary/aromatic N) is 1. The van der Waals surface area contributed by atoms with E-state index < -0.39 is 64.8 Å². The molecule has 3 aromatic rings. The Kier molecular flexibility index (Phi) is 20.4. The fourth-order valence-corrected chi connectivity index (χ4v) is 7.53. The summed E-state index contributed by atoms with van der Waals surface area (Å²) in [5.41, 5.74) is -2.39. The van der Waals surface area contributed by atoms with Crippen LogP contribution in [-0.2, 0) is 48.1 Å². The molecule has 1 aliphatic rings. The van der Waals surface area contributed by atoms with E-state index in [9.17, 15) is 19.6 Å². The van der Waals surface area contributed by atoms with Crippen molar-refractivity contribution in [2.75, 3.05) is 85.6 Å². The number of nitriles is 1. The summed E-state index contributed by atoms with van der Waals surface area (Å²) in [6.45, 7) is 10.3. The molecule has 19 heteroatoms. The Bertz CT molecular complexity index is 2070. The molecule has 4 rings (SSSR count). The van der Waals surface area contributed by atoms with Crippen LogP contribution in [-0.4, -0.2) is 117 Å². The minimum Gasteiger partial charge on any atom is -0.495 e. The average Bonchev–Trinajstić information content (AvgIpc) is 3.55. The van der Waals surface area contributed by atoms with Crippen molar-refractivity contribution < 1.29 is 65.8 Å². The Hall–Kier alpha value is -4.64. The van der Waals surface area contributed by atoms with E-state index in [-0.39, 0.29) is 64.4 Å². The molecule has 0 aromatic heterocycles. The zero-order valence-corrected chi connectivity index (χ0v) is 38.2. The van der Waals surface area contributed by atoms with E-state index in [2.05, 4.69) is 16.7 Å². The second-order valence-electron chi connectivity index (χ2n) is 15.7. The molecule has 0 radical (unpaired) electrons. The topological polar surface area (TPSA) is 182 Å². The van der Waals surface area contributed by atoms with Crippen LogP contribution in [0.4, 0.5) is 19.3 Å². The van der Waals surface area contributed by atoms with Crippen LogP contribution in [0.1, 0.15) is 61.5 Å². The molecule has 3 aromatic carbocycles. The molecule has 5 atom stereocenters. The van der Waals surface area contributed by atoms with Gasteiger partial charge in [-0.15, -0.1) is 0 Å². The minimum atomic E-state index is -1.85. The highest BCUT2D eigenvalue weighted by molar-refractivity contribution is 6.31. The number of hydrogen-bond donors (Lipinski definition) is 2. The number of nitrogens with one attached hydrogen (secondary N) is 2. The molecular weight excluding hydrogens is 883 g/mol. The monoisotopic (exact) mass is 937 g/mol. The van der Waals surface area contributed by atoms with Gasteiger partial charge in [-0.25, -0.2) is 18.4 Å². The second kappa shape index (κ2) is 25.2. The smallest absolute Gasteiger partial charge is 0.495 e. The number of halogens is 4. The summed E-state index contributed by atoms with van der Waals surface area (Å²) < 4.78 is 79.2. The molecule has 1 fully saturated rings. The number of esters is 1. The van der Waals surface area contributed by atoms with Crippen LogP contribution in [0, 0.1) is 28.4 Å². The van der Waals surface area contributed by atoms with Gasteiger partial charge >= 0.3 is 12.1 Å². The van der Waals surface area contributed by atoms with E-state index in [0.717, 1.165) is 6.07 Å². The van der Waals surface area contributed by atoms with Gasteiger partial charge in [-0.1, -0.05) is 62.2 Å². The zero-order valence-electron chi connectivity index (χ0n) is 36.6. The predicted molar refractivity (Wildman–Crippen MR) is 232 cm³/mol. The molecule has 2 N–H and O–H groups in total. The SMILES string of the molecule is COCCOCCOCCOCCOCCOC(=O)OC(C)OC(=O)c1ccc(NC(=O)[C@@H]2N[C@@H](CC(C)(C)C)[C@](C#N)(c3ccc(Cl)cc3F)[C@H]2c2cccc(Cl)c2F)c(OC)c1. The molecule has 1 heterocycles. The fourth-order valence-electron chi connectivity index (χ4n) is 7.19. The maximum absolute atomic E-state index is 16.1. The normalized spacial score (nSPS) is 18.8. The Balaban J connectivity index is 1.37. The third-order valence-corrected chi connectivity index (χ3v) is 10.5. The minimum absolute atomic E-state index is 0.0269. The number of carbonyl (C=O) groups is 3. The van der Waals surface area contributed by atoms with Crippen molar-refractivity contribution in [1.82, 2.24) is 5.32 Å². The molecule has 1 amide bonds. The lowest BCUT2D eigenvalue weighted by Crippen LogP contribution is -2.45. The van der Waals surface area contributed by atoms with Gasteiger partial charge < -0.3 is 53.3 Å². The van der Waals surface area contributed by atoms with E-state index in [1.807, 2.05) is 20.8 Å². The maximum atomic E-state index is 16.1. The van der Waals surface area contributed by atoms with Crippen LogP contribution in [0.25, 0.3) is 0 Å². The number of anilines is 1. The fraction of sp³-hybridized carbons (Fsp3) is 0.511. The van der Waals surface area contributed by atoms with Crippen LogP contribution in [0.15, 0.2) is 54.6 Å². The standard InChI is InChI=1S/C45H55Cl2F2N3O12/c1-28(64-43(55)62-23-22-61-21-20-60-19-18-59-17-16-58-15-14-56-5)63-42(54)29-10-13-35(36(24-29)57-6)51-41(53)40-38(31-8-7-9-33(47)39(31)49)45(27-50,37(52-40)26-44(2,3)4)32-12-11-30(46)25-34(32)48/h7-13,24-25,28,37-38,40,52H,14-23,26H2,1-6H3,(H,51,53)/t28?,37-,38-,40+,45-/m0/s1. The van der Waals surface area contributed by atoms with E-state index in [4.69, 9.17) is 65.8 Å². The lowest BCUT2D eigenvalue weighted by atomic mass is 9.62. The summed E-state index contributed by atoms with van der Waals surface area (Å²) in [5.74, 6) is -4.59. The average molecular weight is 939 g/mol. The summed E-state index contributed by atoms with van der Waals surface area (Å²) in [7, 11) is 2.91. The number of hydrogen-bond acceptors (Lipinski definition) is 14. The van der Waals surface area contributed by atoms with Gasteiger partial charge in [0.15, 0.2) is 0 Å². The largest absolute Gasteiger partial charge is 0.511 e. The highest BCUT2D eigenvalue weighted by Gasteiger charge is 2.61. The predicted octanol–water partition coefficient (Wildman–Crippen LogP) is 7.61. The summed E-state index contributed by atoms with van der Waals surface area (Å²) >= 11 is 12.4. The number of rotatable bonds is 24. The third kappa shape index (κ3) is 14.4. The number of carbonyl (C=O) groups excluding carboxylic acids is 3. The van der Waals surface area contributed by atoms with Gasteiger partial charge in [0.25, 0.3) is 0 Å². The third-order valence-electron chi connectivity index (χ3n) is 9.96. The Labute approximate surface area is 381 Å². The molecule has 1 aliphatic heterocycles. The Morgan fingerprint density at radius 1 is 0.859 bits per heavy atom. The number of amides is 1. The van der Waals surface area contributed by atoms with Gasteiger partial charge in [-0.3, -0.25) is 4.79 Å². The second-order valence-corrected chi connectivity index (χ2v) is 16.6. The van der Waals surface area contributed by atoms with Gasteiger partial charge in [0.1, 0.15) is 29.4 Å². The lowest BCUT2D eigenvalue weighted by Gasteiger charge is -2.37. The first-order valence-electron chi connectivity index (χ1n) is 20.5. The van der Waals surface area contributed by atoms with Gasteiger partial charge in [-0.05, 0) is 53.8 Å². The molecular formula is C45H55Cl2F2N3O12. The zero-order chi connectivity index (χ0) is 46.9. The molecule has 0 bridgehead atoms. The van der Waals surface area contributed by atoms with Crippen LogP contribution in [0.3, 0.4) is 0 Å². The van der Waals surface area contributed by atoms with E-state index in [0.29, 0.717) is 46.2 Å². The van der Waals surface area contributed by atoms with Crippen molar-refractivity contribution in [3.8, 4) is 11.8 Å². The van der Waals surface area contributed by atoms with Crippen molar-refractivity contribution in [3.63, 3.8) is 0 Å². The number of ether oxygens (including phenoxy) is 9. The van der Waals surface area contributed by atoms with Crippen molar-refractivity contribution in [3.05, 3.63) is 93.0 Å². The van der Waals surface area contributed by atoms with Gasteiger partial charge in [0, 0.05) is 36.6 Å². The first-order chi connectivity index (χ1) is 30.6. The van der Waals surface area contributed by atoms with Gasteiger partial charge in [-0.2, -0.15) is 5.26 Å². The molecule has 64 heavy (non-hydrogen) atoms. The number of methoxy groups -OCH3 is 2. The van der Waals surface area contributed by atoms with E-state index >= 15 is 8.78 Å². The highest BCUT2D eigenvalue weighted by atomic mass is 35.5. The van der Waals surface area contributed by atoms with Crippen molar-refractivity contribution in [2.45, 2.75) is 63.8 Å². The van der Waals surface area contributed by atoms with E-state index in [1.165, 1.54) is 62.6 Å². The van der Waals surface area contributed by atoms with Gasteiger partial charge in [0.05, 0.1) is 95.0 Å². The molecule has 1 unspecified atom stereocenters. The quantitative estimate of drug-likeness (QED) is 0.0509. The van der Waals surface area contributed by atoms with Crippen molar-refractivity contribution in [1.29, 1.82) is 5.26 Å². The van der Waals surface area contributed by atoms with Crippen molar-refractivity contribution >= 4 is 46.9 Å². The molecule has 15 nitrogen and oxygen atoms in total. The van der Waals surface area contributed by atoms with Crippen molar-refractivity contribution in [2.24, 2.45) is 5.41 Å². The van der Waals surface area contributed by atoms with E-state index in [1.54, 1.807) is 7.11 Å². The molecule has 1 saturated heterocycles. The Morgan fingerprint density at radius 2 is 1.48 bits per heavy atom. The maximum Gasteiger partial charge on any atom is 0.511 e. The first-order valence-corrected chi connectivity index (χ1v) is 21.2. The summed E-state index contributed by atoms with van der Waals surface area (Å²) in [5, 5.41) is 17.0. The Morgan fingerprint density at radius 3 is 2.06 bits per heavy atom. The summed E-state index contributed by atoms with van der Waals surface area (Å²) in [6, 6.07) is 12.2. The van der Waals surface area contributed by atoms with Crippen LogP contribution >= 0.6 is 23.2 Å². The summed E-state index contributed by atoms with van der Waals surface area (Å²) in [4.78, 5) is 39.7. The van der Waals surface area contributed by atoms with Crippen LogP contribution < -0.4 is 15.4 Å². The summed E-state index contributed by atoms with van der Waals surface area (Å²) in [6.07, 6.45) is -2.19. The molecule has 350 valence electrons. The van der Waals surface area contributed by atoms with Crippen LogP contribution in [0.5, 0.6) is 5.75 Å². The highest BCUT2D eigenvalue weighted by Crippen LogP contribution is 2.53. The lowest BCUT2D eigenvalue weighted by molar-refractivity contribution is -0.118. The molecule has 0 saturated carbocycles.